The van der Waals surface area contributed by atoms with Crippen LogP contribution in [-0.2, 0) is 0 Å². The molecule has 1 N–H and O–H groups in total. The second-order valence-electron chi connectivity index (χ2n) is 7.99. The summed E-state index contributed by atoms with van der Waals surface area (Å²) < 4.78 is 13.2. The van der Waals surface area contributed by atoms with Gasteiger partial charge in [0.2, 0.25) is 5.95 Å². The van der Waals surface area contributed by atoms with Crippen LogP contribution in [0.25, 0.3) is 11.2 Å². The first-order valence-electron chi connectivity index (χ1n) is 10.7. The van der Waals surface area contributed by atoms with Crippen LogP contribution in [0.15, 0.2) is 54.9 Å². The van der Waals surface area contributed by atoms with Gasteiger partial charge in [0, 0.05) is 49.9 Å². The smallest absolute Gasteiger partial charge is 0.229 e. The molecule has 0 bridgehead atoms. The largest absolute Gasteiger partial charge is 0.368 e. The summed E-state index contributed by atoms with van der Waals surface area (Å²) >= 11 is 0. The molecule has 0 radical (unpaired) electrons. The van der Waals surface area contributed by atoms with Crippen LogP contribution in [0.2, 0.25) is 0 Å². The number of rotatable bonds is 4. The summed E-state index contributed by atoms with van der Waals surface area (Å²) in [6.07, 6.45) is 3.30. The number of piperazine rings is 1. The summed E-state index contributed by atoms with van der Waals surface area (Å²) in [6.45, 7) is 7.25. The van der Waals surface area contributed by atoms with Gasteiger partial charge in [0.05, 0.1) is 0 Å². The van der Waals surface area contributed by atoms with E-state index in [0.717, 1.165) is 43.1 Å². The van der Waals surface area contributed by atoms with E-state index >= 15 is 0 Å². The van der Waals surface area contributed by atoms with Gasteiger partial charge < -0.3 is 15.1 Å². The number of halogens is 1. The fourth-order valence-corrected chi connectivity index (χ4v) is 3.98. The minimum Gasteiger partial charge on any atom is -0.368 e. The fourth-order valence-electron chi connectivity index (χ4n) is 3.98. The van der Waals surface area contributed by atoms with Crippen molar-refractivity contribution >= 4 is 34.3 Å². The van der Waals surface area contributed by atoms with Crippen LogP contribution in [0, 0.1) is 19.7 Å². The lowest BCUT2D eigenvalue weighted by molar-refractivity contribution is 0.623. The Bertz CT molecular complexity index is 1250. The lowest BCUT2D eigenvalue weighted by atomic mass is 10.1. The number of aromatic nitrogens is 4. The zero-order valence-electron chi connectivity index (χ0n) is 18.1. The molecule has 1 aliphatic rings. The van der Waals surface area contributed by atoms with E-state index in [-0.39, 0.29) is 5.82 Å². The number of fused-ring (bicyclic) bond motifs is 1. The molecule has 1 aliphatic heterocycles. The maximum atomic E-state index is 13.2. The molecule has 0 amide bonds. The third-order valence-electron chi connectivity index (χ3n) is 5.71. The Morgan fingerprint density at radius 1 is 0.844 bits per heavy atom. The Kier molecular flexibility index (Phi) is 5.26. The third-order valence-corrected chi connectivity index (χ3v) is 5.71. The summed E-state index contributed by atoms with van der Waals surface area (Å²) in [5.41, 5.74) is 5.55. The van der Waals surface area contributed by atoms with Gasteiger partial charge in [-0.1, -0.05) is 17.7 Å². The van der Waals surface area contributed by atoms with E-state index in [1.54, 1.807) is 12.4 Å². The number of anilines is 4. The van der Waals surface area contributed by atoms with Crippen LogP contribution < -0.4 is 15.1 Å². The Morgan fingerprint density at radius 3 is 2.31 bits per heavy atom. The Labute approximate surface area is 186 Å². The number of aryl methyl sites for hydroxylation is 2. The molecule has 0 spiro atoms. The lowest BCUT2D eigenvalue weighted by Crippen LogP contribution is -2.47. The first kappa shape index (κ1) is 20.1. The average Bonchev–Trinajstić information content (AvgIpc) is 2.81. The van der Waals surface area contributed by atoms with E-state index < -0.39 is 0 Å². The van der Waals surface area contributed by atoms with Crippen molar-refractivity contribution in [2.45, 2.75) is 13.8 Å². The van der Waals surface area contributed by atoms with Gasteiger partial charge in [-0.05, 0) is 49.7 Å². The van der Waals surface area contributed by atoms with Crippen molar-refractivity contribution in [3.8, 4) is 0 Å². The monoisotopic (exact) mass is 429 g/mol. The summed E-state index contributed by atoms with van der Waals surface area (Å²) in [5, 5.41) is 3.44. The molecule has 8 heteroatoms. The number of hydrogen-bond acceptors (Lipinski definition) is 7. The van der Waals surface area contributed by atoms with Crippen molar-refractivity contribution in [1.82, 2.24) is 19.9 Å². The normalized spacial score (nSPS) is 14.1. The molecule has 0 aliphatic carbocycles. The summed E-state index contributed by atoms with van der Waals surface area (Å²) in [7, 11) is 0. The number of benzene rings is 2. The van der Waals surface area contributed by atoms with Crippen molar-refractivity contribution in [3.05, 3.63) is 71.8 Å². The Hall–Kier alpha value is -3.81. The van der Waals surface area contributed by atoms with Gasteiger partial charge in [0.15, 0.2) is 17.0 Å². The van der Waals surface area contributed by atoms with Crippen LogP contribution in [0.5, 0.6) is 0 Å². The van der Waals surface area contributed by atoms with E-state index in [0.29, 0.717) is 22.9 Å². The molecule has 3 heterocycles. The zero-order valence-corrected chi connectivity index (χ0v) is 18.1. The number of nitrogens with one attached hydrogen (secondary N) is 1. The van der Waals surface area contributed by atoms with Crippen LogP contribution in [0.3, 0.4) is 0 Å². The van der Waals surface area contributed by atoms with Gasteiger partial charge in [-0.2, -0.15) is 9.97 Å². The maximum Gasteiger partial charge on any atom is 0.229 e. The molecule has 0 unspecified atom stereocenters. The predicted octanol–water partition coefficient (Wildman–Crippen LogP) is 4.25. The van der Waals surface area contributed by atoms with Crippen molar-refractivity contribution < 1.29 is 4.39 Å². The van der Waals surface area contributed by atoms with Gasteiger partial charge in [-0.25, -0.2) is 14.4 Å². The fraction of sp³-hybridized carbons (Fsp3) is 0.250. The molecule has 1 saturated heterocycles. The summed E-state index contributed by atoms with van der Waals surface area (Å²) in [5.74, 6) is 1.05. The highest BCUT2D eigenvalue weighted by Crippen LogP contribution is 2.27. The van der Waals surface area contributed by atoms with Gasteiger partial charge in [-0.3, -0.25) is 0 Å². The second kappa shape index (κ2) is 8.37. The number of hydrogen-bond donors (Lipinski definition) is 1. The maximum absolute atomic E-state index is 13.2. The van der Waals surface area contributed by atoms with Gasteiger partial charge in [-0.15, -0.1) is 0 Å². The highest BCUT2D eigenvalue weighted by atomic mass is 19.1. The molecule has 2 aromatic heterocycles. The molecule has 7 nitrogen and oxygen atoms in total. The van der Waals surface area contributed by atoms with Crippen LogP contribution in [0.1, 0.15) is 11.1 Å². The predicted molar refractivity (Wildman–Crippen MR) is 125 cm³/mol. The highest BCUT2D eigenvalue weighted by Gasteiger charge is 2.21. The molecule has 1 fully saturated rings. The Morgan fingerprint density at radius 2 is 1.56 bits per heavy atom. The van der Waals surface area contributed by atoms with Crippen LogP contribution >= 0.6 is 0 Å². The summed E-state index contributed by atoms with van der Waals surface area (Å²) in [4.78, 5) is 22.8. The molecule has 2 aromatic carbocycles. The third kappa shape index (κ3) is 4.03. The van der Waals surface area contributed by atoms with Crippen LogP contribution in [0.4, 0.5) is 27.5 Å². The molecule has 162 valence electrons. The molecule has 32 heavy (non-hydrogen) atoms. The summed E-state index contributed by atoms with van der Waals surface area (Å²) in [6, 6.07) is 12.9. The first-order chi connectivity index (χ1) is 15.6. The minimum absolute atomic E-state index is 0.220. The van der Waals surface area contributed by atoms with Crippen molar-refractivity contribution in [2.75, 3.05) is 41.3 Å². The SMILES string of the molecule is Cc1ccc(Nc2nc(N3CCN(c4ccc(F)cc4)CC3)nc3nccnc23)c(C)c1. The molecule has 0 atom stereocenters. The van der Waals surface area contributed by atoms with E-state index in [9.17, 15) is 4.39 Å². The number of nitrogens with zero attached hydrogens (tertiary/aromatic N) is 6. The molecule has 4 aromatic rings. The molecular formula is C24H24FN7. The van der Waals surface area contributed by atoms with E-state index in [1.807, 2.05) is 12.1 Å². The highest BCUT2D eigenvalue weighted by molar-refractivity contribution is 5.86. The van der Waals surface area contributed by atoms with Gasteiger partial charge in [0.25, 0.3) is 0 Å². The van der Waals surface area contributed by atoms with Crippen molar-refractivity contribution in [2.24, 2.45) is 0 Å². The molecule has 5 rings (SSSR count). The van der Waals surface area contributed by atoms with E-state index in [4.69, 9.17) is 4.98 Å². The average molecular weight is 430 g/mol. The lowest BCUT2D eigenvalue weighted by Gasteiger charge is -2.36. The first-order valence-corrected chi connectivity index (χ1v) is 10.7. The van der Waals surface area contributed by atoms with Crippen molar-refractivity contribution in [1.29, 1.82) is 0 Å². The van der Waals surface area contributed by atoms with E-state index in [1.165, 1.54) is 17.7 Å². The Balaban J connectivity index is 1.41. The quantitative estimate of drug-likeness (QED) is 0.520. The van der Waals surface area contributed by atoms with Crippen molar-refractivity contribution in [3.63, 3.8) is 0 Å². The topological polar surface area (TPSA) is 70.1 Å². The second-order valence-corrected chi connectivity index (χ2v) is 7.99. The van der Waals surface area contributed by atoms with Crippen LogP contribution in [-0.4, -0.2) is 46.1 Å². The van der Waals surface area contributed by atoms with Gasteiger partial charge >= 0.3 is 0 Å². The molecule has 0 saturated carbocycles. The minimum atomic E-state index is -0.220. The zero-order chi connectivity index (χ0) is 22.1. The molecular weight excluding hydrogens is 405 g/mol. The standard InChI is InChI=1S/C24H24FN7/c1-16-3-8-20(17(2)15-16)28-23-21-22(27-10-9-26-21)29-24(30-23)32-13-11-31(12-14-32)19-6-4-18(25)5-7-19/h3-10,15H,11-14H2,1-2H3,(H,27,28,29,30). The van der Waals surface area contributed by atoms with Gasteiger partial charge in [0.1, 0.15) is 5.82 Å². The van der Waals surface area contributed by atoms with E-state index in [2.05, 4.69) is 62.1 Å².